The number of ether oxygens (including phenoxy) is 1. The van der Waals surface area contributed by atoms with Gasteiger partial charge in [-0.25, -0.2) is 0 Å². The Morgan fingerprint density at radius 3 is 2.58 bits per heavy atom. The van der Waals surface area contributed by atoms with E-state index in [-0.39, 0.29) is 23.3 Å². The van der Waals surface area contributed by atoms with E-state index in [0.717, 1.165) is 32.2 Å². The van der Waals surface area contributed by atoms with Crippen molar-refractivity contribution in [1.82, 2.24) is 4.90 Å². The maximum Gasteiger partial charge on any atom is 0.322 e. The second kappa shape index (κ2) is 5.83. The van der Waals surface area contributed by atoms with Crippen LogP contribution in [0.25, 0.3) is 0 Å². The third-order valence-corrected chi connectivity index (χ3v) is 7.81. The van der Waals surface area contributed by atoms with Gasteiger partial charge in [0.1, 0.15) is 0 Å². The van der Waals surface area contributed by atoms with Crippen LogP contribution in [0.2, 0.25) is 0 Å². The van der Waals surface area contributed by atoms with Crippen LogP contribution in [-0.4, -0.2) is 29.9 Å². The lowest BCUT2D eigenvalue weighted by Gasteiger charge is -2.52. The van der Waals surface area contributed by atoms with Gasteiger partial charge in [0.25, 0.3) is 0 Å². The average molecular weight is 355 g/mol. The Morgan fingerprint density at radius 2 is 1.85 bits per heavy atom. The molecule has 4 nitrogen and oxygen atoms in total. The number of hydrogen-bond acceptors (Lipinski definition) is 3. The van der Waals surface area contributed by atoms with E-state index in [2.05, 4.69) is 32.9 Å². The number of fused-ring (bicyclic) bond motifs is 2. The van der Waals surface area contributed by atoms with Gasteiger partial charge in [-0.3, -0.25) is 9.59 Å². The molecular formula is C22H29NO3. The predicted octanol–water partition coefficient (Wildman–Crippen LogP) is 4.11. The van der Waals surface area contributed by atoms with Gasteiger partial charge in [0.05, 0.1) is 12.6 Å². The van der Waals surface area contributed by atoms with Crippen molar-refractivity contribution >= 4 is 11.9 Å². The van der Waals surface area contributed by atoms with Crippen LogP contribution in [0.15, 0.2) is 30.3 Å². The lowest BCUT2D eigenvalue weighted by Crippen LogP contribution is -2.61. The van der Waals surface area contributed by atoms with Crippen molar-refractivity contribution in [3.05, 3.63) is 35.9 Å². The number of cyclic esters (lactones) is 1. The third-order valence-electron chi connectivity index (χ3n) is 7.81. The summed E-state index contributed by atoms with van der Waals surface area (Å²) in [6, 6.07) is 10.3. The molecule has 1 saturated carbocycles. The molecule has 3 aliphatic rings. The monoisotopic (exact) mass is 355 g/mol. The normalized spacial score (nSPS) is 35.9. The first-order valence-corrected chi connectivity index (χ1v) is 9.87. The van der Waals surface area contributed by atoms with Crippen LogP contribution in [-0.2, 0) is 14.3 Å². The minimum atomic E-state index is -1.04. The SMILES string of the molecule is CC1(C)[C@]2(C)CC[C@]1(C(=O)N1CCCC[C@H]1c1ccccc1)C(=O)OC2. The zero-order chi connectivity index (χ0) is 18.6. The number of hydrogen-bond donors (Lipinski definition) is 0. The summed E-state index contributed by atoms with van der Waals surface area (Å²) in [5.74, 6) is -0.315. The second-order valence-corrected chi connectivity index (χ2v) is 9.09. The molecule has 0 N–H and O–H groups in total. The fourth-order valence-electron chi connectivity index (χ4n) is 5.46. The fourth-order valence-corrected chi connectivity index (χ4v) is 5.46. The summed E-state index contributed by atoms with van der Waals surface area (Å²) in [6.07, 6.45) is 4.53. The van der Waals surface area contributed by atoms with Crippen LogP contribution in [0, 0.1) is 16.2 Å². The molecule has 4 rings (SSSR count). The Hall–Kier alpha value is -1.84. The number of carbonyl (C=O) groups is 2. The highest BCUT2D eigenvalue weighted by Crippen LogP contribution is 2.66. The minimum Gasteiger partial charge on any atom is -0.464 e. The Kier molecular flexibility index (Phi) is 3.94. The molecule has 2 heterocycles. The van der Waals surface area contributed by atoms with Crippen molar-refractivity contribution in [2.45, 2.75) is 58.9 Å². The zero-order valence-electron chi connectivity index (χ0n) is 16.1. The molecule has 1 amide bonds. The van der Waals surface area contributed by atoms with E-state index in [1.807, 2.05) is 23.1 Å². The molecule has 1 aliphatic carbocycles. The van der Waals surface area contributed by atoms with Crippen LogP contribution in [0.5, 0.6) is 0 Å². The van der Waals surface area contributed by atoms with Gasteiger partial charge in [0.2, 0.25) is 5.91 Å². The molecule has 1 aromatic rings. The first kappa shape index (κ1) is 17.6. The fraction of sp³-hybridized carbons (Fsp3) is 0.636. The number of amides is 1. The number of esters is 1. The van der Waals surface area contributed by atoms with Gasteiger partial charge in [-0.2, -0.15) is 0 Å². The lowest BCUT2D eigenvalue weighted by atomic mass is 9.57. The van der Waals surface area contributed by atoms with Crippen LogP contribution >= 0.6 is 0 Å². The highest BCUT2D eigenvalue weighted by molar-refractivity contribution is 6.05. The number of piperidine rings is 1. The number of nitrogens with zero attached hydrogens (tertiary/aromatic N) is 1. The van der Waals surface area contributed by atoms with Crippen molar-refractivity contribution in [3.8, 4) is 0 Å². The Balaban J connectivity index is 1.74. The molecule has 1 aromatic carbocycles. The molecule has 0 radical (unpaired) electrons. The average Bonchev–Trinajstić information content (AvgIpc) is 2.77. The number of likely N-dealkylation sites (tertiary alicyclic amines) is 1. The Bertz CT molecular complexity index is 728. The van der Waals surface area contributed by atoms with Crippen molar-refractivity contribution in [2.24, 2.45) is 16.2 Å². The molecule has 3 fully saturated rings. The van der Waals surface area contributed by atoms with E-state index < -0.39 is 10.8 Å². The van der Waals surface area contributed by atoms with Crippen LogP contribution < -0.4 is 0 Å². The maximum absolute atomic E-state index is 13.9. The van der Waals surface area contributed by atoms with Crippen LogP contribution in [0.3, 0.4) is 0 Å². The molecule has 0 unspecified atom stereocenters. The largest absolute Gasteiger partial charge is 0.464 e. The minimum absolute atomic E-state index is 0.00974. The molecule has 2 aliphatic heterocycles. The summed E-state index contributed by atoms with van der Waals surface area (Å²) in [5, 5.41) is 0. The van der Waals surface area contributed by atoms with Gasteiger partial charge >= 0.3 is 5.97 Å². The van der Waals surface area contributed by atoms with E-state index in [0.29, 0.717) is 13.0 Å². The zero-order valence-corrected chi connectivity index (χ0v) is 16.1. The predicted molar refractivity (Wildman–Crippen MR) is 99.3 cm³/mol. The van der Waals surface area contributed by atoms with E-state index in [9.17, 15) is 9.59 Å². The topological polar surface area (TPSA) is 46.6 Å². The highest BCUT2D eigenvalue weighted by atomic mass is 16.5. The van der Waals surface area contributed by atoms with Gasteiger partial charge in [-0.15, -0.1) is 0 Å². The van der Waals surface area contributed by atoms with Crippen LogP contribution in [0.4, 0.5) is 0 Å². The molecule has 140 valence electrons. The van der Waals surface area contributed by atoms with Gasteiger partial charge in [-0.05, 0) is 43.1 Å². The quantitative estimate of drug-likeness (QED) is 0.592. The number of rotatable bonds is 2. The first-order chi connectivity index (χ1) is 12.3. The number of benzene rings is 1. The highest BCUT2D eigenvalue weighted by Gasteiger charge is 2.72. The summed E-state index contributed by atoms with van der Waals surface area (Å²) in [6.45, 7) is 7.51. The standard InChI is InChI=1S/C22H29NO3/c1-20(2)21(3)12-13-22(20,19(25)26-15-21)18(24)23-14-8-7-11-17(23)16-9-5-4-6-10-16/h4-6,9-10,17H,7-8,11-15H2,1-3H3/t17-,21+,22-/m0/s1. The van der Waals surface area contributed by atoms with Gasteiger partial charge < -0.3 is 9.64 Å². The molecule has 0 aromatic heterocycles. The summed E-state index contributed by atoms with van der Waals surface area (Å²) in [4.78, 5) is 28.9. The van der Waals surface area contributed by atoms with Gasteiger partial charge in [0.15, 0.2) is 5.41 Å². The van der Waals surface area contributed by atoms with Crippen molar-refractivity contribution in [2.75, 3.05) is 13.2 Å². The number of carbonyl (C=O) groups excluding carboxylic acids is 2. The molecule has 2 bridgehead atoms. The van der Waals surface area contributed by atoms with E-state index in [4.69, 9.17) is 4.74 Å². The van der Waals surface area contributed by atoms with E-state index >= 15 is 0 Å². The molecule has 26 heavy (non-hydrogen) atoms. The van der Waals surface area contributed by atoms with Gasteiger partial charge in [-0.1, -0.05) is 51.1 Å². The van der Waals surface area contributed by atoms with Gasteiger partial charge in [0, 0.05) is 12.0 Å². The van der Waals surface area contributed by atoms with Crippen molar-refractivity contribution < 1.29 is 14.3 Å². The summed E-state index contributed by atoms with van der Waals surface area (Å²) in [7, 11) is 0. The molecule has 4 heteroatoms. The molecule has 0 spiro atoms. The van der Waals surface area contributed by atoms with E-state index in [1.54, 1.807) is 0 Å². The van der Waals surface area contributed by atoms with E-state index in [1.165, 1.54) is 5.56 Å². The summed E-state index contributed by atoms with van der Waals surface area (Å²) >= 11 is 0. The molecule has 3 atom stereocenters. The lowest BCUT2D eigenvalue weighted by molar-refractivity contribution is -0.194. The van der Waals surface area contributed by atoms with Crippen molar-refractivity contribution in [1.29, 1.82) is 0 Å². The first-order valence-electron chi connectivity index (χ1n) is 9.87. The molecule has 2 saturated heterocycles. The van der Waals surface area contributed by atoms with Crippen molar-refractivity contribution in [3.63, 3.8) is 0 Å². The third kappa shape index (κ3) is 2.14. The smallest absolute Gasteiger partial charge is 0.322 e. The maximum atomic E-state index is 13.9. The Labute approximate surface area is 155 Å². The second-order valence-electron chi connectivity index (χ2n) is 9.09. The molecular weight excluding hydrogens is 326 g/mol. The Morgan fingerprint density at radius 1 is 1.12 bits per heavy atom. The summed E-state index contributed by atoms with van der Waals surface area (Å²) < 4.78 is 5.57. The van der Waals surface area contributed by atoms with Crippen LogP contribution in [0.1, 0.15) is 64.5 Å². The summed E-state index contributed by atoms with van der Waals surface area (Å²) in [5.41, 5.74) is -0.399.